The predicted octanol–water partition coefficient (Wildman–Crippen LogP) is 3.00. The summed E-state index contributed by atoms with van der Waals surface area (Å²) in [6, 6.07) is 5.82. The highest BCUT2D eigenvalue weighted by Crippen LogP contribution is 2.32. The molecule has 1 aromatic heterocycles. The van der Waals surface area contributed by atoms with Crippen molar-refractivity contribution < 1.29 is 13.2 Å². The summed E-state index contributed by atoms with van der Waals surface area (Å²) in [7, 11) is 0. The molecule has 4 nitrogen and oxygen atoms in total. The topological polar surface area (TPSA) is 67.6 Å². The van der Waals surface area contributed by atoms with Gasteiger partial charge in [0.25, 0.3) is 0 Å². The third-order valence-electron chi connectivity index (χ3n) is 2.84. The van der Waals surface area contributed by atoms with Gasteiger partial charge in [0, 0.05) is 6.04 Å². The zero-order chi connectivity index (χ0) is 14.2. The summed E-state index contributed by atoms with van der Waals surface area (Å²) in [6.45, 7) is 1.42. The molecule has 0 fully saturated rings. The number of nitrogens with zero attached hydrogens (tertiary/aromatic N) is 3. The SMILES string of the molecule is CC(CC(F)(F)F)n1c(N)nc2c(C#N)cccc21. The van der Waals surface area contributed by atoms with Crippen molar-refractivity contribution in [2.45, 2.75) is 25.6 Å². The van der Waals surface area contributed by atoms with Crippen molar-refractivity contribution >= 4 is 17.0 Å². The Morgan fingerprint density at radius 1 is 1.47 bits per heavy atom. The molecule has 0 aliphatic heterocycles. The largest absolute Gasteiger partial charge is 0.391 e. The molecule has 0 aliphatic rings. The lowest BCUT2D eigenvalue weighted by atomic mass is 10.2. The normalized spacial score (nSPS) is 13.4. The predicted molar refractivity (Wildman–Crippen MR) is 64.2 cm³/mol. The van der Waals surface area contributed by atoms with Gasteiger partial charge in [0.2, 0.25) is 5.95 Å². The van der Waals surface area contributed by atoms with Crippen LogP contribution in [0.25, 0.3) is 11.0 Å². The van der Waals surface area contributed by atoms with E-state index in [9.17, 15) is 13.2 Å². The van der Waals surface area contributed by atoms with Gasteiger partial charge in [-0.1, -0.05) is 6.07 Å². The zero-order valence-electron chi connectivity index (χ0n) is 10.1. The van der Waals surface area contributed by atoms with Crippen LogP contribution in [-0.2, 0) is 0 Å². The lowest BCUT2D eigenvalue weighted by Gasteiger charge is -2.17. The molecule has 1 heterocycles. The maximum Gasteiger partial charge on any atom is 0.391 e. The van der Waals surface area contributed by atoms with Crippen LogP contribution in [0.3, 0.4) is 0 Å². The number of hydrogen-bond donors (Lipinski definition) is 1. The van der Waals surface area contributed by atoms with Gasteiger partial charge in [0.15, 0.2) is 0 Å². The van der Waals surface area contributed by atoms with Crippen LogP contribution in [0.1, 0.15) is 24.9 Å². The number of rotatable bonds is 2. The Kier molecular flexibility index (Phi) is 3.10. The second-order valence-electron chi connectivity index (χ2n) is 4.29. The van der Waals surface area contributed by atoms with Crippen molar-refractivity contribution in [3.05, 3.63) is 23.8 Å². The number of para-hydroxylation sites is 1. The van der Waals surface area contributed by atoms with Gasteiger partial charge >= 0.3 is 6.18 Å². The molecule has 0 spiro atoms. The lowest BCUT2D eigenvalue weighted by Crippen LogP contribution is -2.17. The Bertz CT molecular complexity index is 651. The minimum atomic E-state index is -4.28. The minimum absolute atomic E-state index is 0.0190. The van der Waals surface area contributed by atoms with Crippen LogP contribution >= 0.6 is 0 Å². The van der Waals surface area contributed by atoms with Crippen molar-refractivity contribution in [2.75, 3.05) is 5.73 Å². The van der Waals surface area contributed by atoms with E-state index in [-0.39, 0.29) is 5.95 Å². The molecule has 0 saturated carbocycles. The molecule has 0 bridgehead atoms. The van der Waals surface area contributed by atoms with Crippen molar-refractivity contribution in [1.82, 2.24) is 9.55 Å². The van der Waals surface area contributed by atoms with Crippen LogP contribution in [0, 0.1) is 11.3 Å². The highest BCUT2D eigenvalue weighted by molar-refractivity contribution is 5.84. The zero-order valence-corrected chi connectivity index (χ0v) is 10.1. The molecule has 1 atom stereocenters. The van der Waals surface area contributed by atoms with Crippen molar-refractivity contribution in [1.29, 1.82) is 5.26 Å². The Hall–Kier alpha value is -2.23. The number of hydrogen-bond acceptors (Lipinski definition) is 3. The highest BCUT2D eigenvalue weighted by Gasteiger charge is 2.32. The van der Waals surface area contributed by atoms with E-state index in [1.807, 2.05) is 6.07 Å². The Morgan fingerprint density at radius 2 is 2.16 bits per heavy atom. The molecular weight excluding hydrogens is 257 g/mol. The maximum absolute atomic E-state index is 12.4. The van der Waals surface area contributed by atoms with Crippen LogP contribution in [-0.4, -0.2) is 15.7 Å². The number of imidazole rings is 1. The summed E-state index contributed by atoms with van der Waals surface area (Å²) in [5.74, 6) is -0.0190. The average molecular weight is 268 g/mol. The summed E-state index contributed by atoms with van der Waals surface area (Å²) in [5.41, 5.74) is 6.73. The first-order valence-electron chi connectivity index (χ1n) is 5.57. The molecule has 0 radical (unpaired) electrons. The smallest absolute Gasteiger partial charge is 0.369 e. The summed E-state index contributed by atoms with van der Waals surface area (Å²) in [5, 5.41) is 8.94. The van der Waals surface area contributed by atoms with E-state index in [2.05, 4.69) is 4.98 Å². The highest BCUT2D eigenvalue weighted by atomic mass is 19.4. The number of aromatic nitrogens is 2. The quantitative estimate of drug-likeness (QED) is 0.910. The van der Waals surface area contributed by atoms with E-state index in [0.717, 1.165) is 0 Å². The molecule has 100 valence electrons. The second kappa shape index (κ2) is 4.46. The number of benzene rings is 1. The van der Waals surface area contributed by atoms with Gasteiger partial charge in [-0.05, 0) is 19.1 Å². The van der Waals surface area contributed by atoms with Gasteiger partial charge in [-0.2, -0.15) is 18.4 Å². The lowest BCUT2D eigenvalue weighted by molar-refractivity contribution is -0.141. The fraction of sp³-hybridized carbons (Fsp3) is 0.333. The molecule has 2 aromatic rings. The average Bonchev–Trinajstić information content (AvgIpc) is 2.62. The standard InChI is InChI=1S/C12H11F3N4/c1-7(5-12(13,14)15)19-9-4-2-3-8(6-16)10(9)18-11(19)17/h2-4,7H,5H2,1H3,(H2,17,18). The first-order chi connectivity index (χ1) is 8.83. The third-order valence-corrected chi connectivity index (χ3v) is 2.84. The Morgan fingerprint density at radius 3 is 2.74 bits per heavy atom. The summed E-state index contributed by atoms with van der Waals surface area (Å²) in [6.07, 6.45) is -5.28. The molecule has 2 rings (SSSR count). The van der Waals surface area contributed by atoms with E-state index in [1.54, 1.807) is 18.2 Å². The summed E-state index contributed by atoms with van der Waals surface area (Å²) < 4.78 is 38.7. The van der Waals surface area contributed by atoms with E-state index in [1.165, 1.54) is 11.5 Å². The van der Waals surface area contributed by atoms with Gasteiger partial charge in [0.05, 0.1) is 17.5 Å². The van der Waals surface area contributed by atoms with Crippen LogP contribution in [0.2, 0.25) is 0 Å². The van der Waals surface area contributed by atoms with Gasteiger partial charge in [-0.3, -0.25) is 0 Å². The van der Waals surface area contributed by atoms with E-state index in [0.29, 0.717) is 16.6 Å². The number of fused-ring (bicyclic) bond motifs is 1. The van der Waals surface area contributed by atoms with E-state index < -0.39 is 18.6 Å². The molecule has 19 heavy (non-hydrogen) atoms. The van der Waals surface area contributed by atoms with Gasteiger partial charge in [-0.15, -0.1) is 0 Å². The molecule has 7 heteroatoms. The third kappa shape index (κ3) is 2.47. The van der Waals surface area contributed by atoms with Crippen LogP contribution in [0.15, 0.2) is 18.2 Å². The minimum Gasteiger partial charge on any atom is -0.369 e. The van der Waals surface area contributed by atoms with E-state index in [4.69, 9.17) is 11.0 Å². The molecule has 0 amide bonds. The van der Waals surface area contributed by atoms with Gasteiger partial charge in [0.1, 0.15) is 11.6 Å². The van der Waals surface area contributed by atoms with Gasteiger partial charge < -0.3 is 10.3 Å². The fourth-order valence-electron chi connectivity index (χ4n) is 2.11. The number of nitrogen functional groups attached to an aromatic ring is 1. The molecule has 2 N–H and O–H groups in total. The van der Waals surface area contributed by atoms with Crippen LogP contribution in [0.5, 0.6) is 0 Å². The van der Waals surface area contributed by atoms with Gasteiger partial charge in [-0.25, -0.2) is 4.98 Å². The number of halogens is 3. The first-order valence-corrected chi connectivity index (χ1v) is 5.57. The monoisotopic (exact) mass is 268 g/mol. The fourth-order valence-corrected chi connectivity index (χ4v) is 2.11. The molecule has 1 aromatic carbocycles. The van der Waals surface area contributed by atoms with Crippen molar-refractivity contribution in [3.8, 4) is 6.07 Å². The molecule has 0 aliphatic carbocycles. The maximum atomic E-state index is 12.4. The molecule has 1 unspecified atom stereocenters. The molecule has 0 saturated heterocycles. The van der Waals surface area contributed by atoms with Crippen molar-refractivity contribution in [3.63, 3.8) is 0 Å². The van der Waals surface area contributed by atoms with Crippen LogP contribution in [0.4, 0.5) is 19.1 Å². The van der Waals surface area contributed by atoms with Crippen LogP contribution < -0.4 is 5.73 Å². The number of alkyl halides is 3. The molecular formula is C12H11F3N4. The summed E-state index contributed by atoms with van der Waals surface area (Å²) in [4.78, 5) is 3.99. The Balaban J connectivity index is 2.56. The number of nitrogens with two attached hydrogens (primary N) is 1. The summed E-state index contributed by atoms with van der Waals surface area (Å²) >= 11 is 0. The Labute approximate surface area is 107 Å². The number of nitriles is 1. The second-order valence-corrected chi connectivity index (χ2v) is 4.29. The number of anilines is 1. The van der Waals surface area contributed by atoms with Crippen molar-refractivity contribution in [2.24, 2.45) is 0 Å². The first kappa shape index (κ1) is 13.2. The van der Waals surface area contributed by atoms with E-state index >= 15 is 0 Å².